The fourth-order valence-corrected chi connectivity index (χ4v) is 0.806. The van der Waals surface area contributed by atoms with Crippen LogP contribution < -0.4 is 0 Å². The molecule has 0 spiro atoms. The summed E-state index contributed by atoms with van der Waals surface area (Å²) in [5.41, 5.74) is -1.71. The quantitative estimate of drug-likeness (QED) is 0.412. The van der Waals surface area contributed by atoms with E-state index in [1.165, 1.54) is 19.4 Å². The van der Waals surface area contributed by atoms with Gasteiger partial charge in [-0.2, -0.15) is 0 Å². The first-order chi connectivity index (χ1) is 6.08. The Kier molecular flexibility index (Phi) is 2.70. The van der Waals surface area contributed by atoms with Crippen molar-refractivity contribution in [3.8, 4) is 0 Å². The van der Waals surface area contributed by atoms with E-state index in [1.807, 2.05) is 0 Å². The van der Waals surface area contributed by atoms with Crippen molar-refractivity contribution in [2.45, 2.75) is 18.5 Å². The predicted molar refractivity (Wildman–Crippen MR) is 44.9 cm³/mol. The molecule has 1 saturated carbocycles. The van der Waals surface area contributed by atoms with Crippen LogP contribution in [0.4, 0.5) is 4.39 Å². The molecule has 3 nitrogen and oxygen atoms in total. The summed E-state index contributed by atoms with van der Waals surface area (Å²) in [4.78, 5) is 11.0. The third-order valence-electron chi connectivity index (χ3n) is 1.78. The molecule has 4 heteroatoms. The van der Waals surface area contributed by atoms with E-state index in [0.717, 1.165) is 6.08 Å². The maximum Gasteiger partial charge on any atom is 0.196 e. The molecule has 0 amide bonds. The van der Waals surface area contributed by atoms with Gasteiger partial charge in [-0.1, -0.05) is 0 Å². The number of aliphatic hydroxyl groups is 1. The van der Waals surface area contributed by atoms with Crippen molar-refractivity contribution in [1.29, 1.82) is 0 Å². The molecule has 72 valence electrons. The Hall–Kier alpha value is -1.32. The molecular weight excluding hydrogens is 175 g/mol. The summed E-state index contributed by atoms with van der Waals surface area (Å²) in [7, 11) is 1.41. The summed E-state index contributed by atoms with van der Waals surface area (Å²) in [6, 6.07) is 0. The van der Waals surface area contributed by atoms with Gasteiger partial charge in [0.1, 0.15) is 5.76 Å². The second-order valence-electron chi connectivity index (χ2n) is 2.94. The highest BCUT2D eigenvalue weighted by Crippen LogP contribution is 2.40. The SMILES string of the molecule is COC=CC(O)=CC(=O)C1(F)CC1. The maximum absolute atomic E-state index is 13.0. The van der Waals surface area contributed by atoms with E-state index in [2.05, 4.69) is 4.74 Å². The number of carbonyl (C=O) groups is 1. The van der Waals surface area contributed by atoms with Crippen molar-refractivity contribution in [1.82, 2.24) is 0 Å². The van der Waals surface area contributed by atoms with E-state index in [1.54, 1.807) is 0 Å². The monoisotopic (exact) mass is 186 g/mol. The molecular formula is C9H11FO3. The summed E-state index contributed by atoms with van der Waals surface area (Å²) in [6.07, 6.45) is 3.77. The normalized spacial score (nSPS) is 20.3. The van der Waals surface area contributed by atoms with E-state index < -0.39 is 11.5 Å². The van der Waals surface area contributed by atoms with E-state index >= 15 is 0 Å². The number of hydrogen-bond donors (Lipinski definition) is 1. The number of carbonyl (C=O) groups excluding carboxylic acids is 1. The Bertz CT molecular complexity index is 264. The molecule has 0 aliphatic heterocycles. The number of ether oxygens (including phenoxy) is 1. The van der Waals surface area contributed by atoms with Gasteiger partial charge in [0.25, 0.3) is 0 Å². The Morgan fingerprint density at radius 1 is 1.62 bits per heavy atom. The van der Waals surface area contributed by atoms with E-state index in [9.17, 15) is 9.18 Å². The number of hydrogen-bond acceptors (Lipinski definition) is 3. The molecule has 0 saturated heterocycles. The van der Waals surface area contributed by atoms with E-state index in [4.69, 9.17) is 5.11 Å². The standard InChI is InChI=1S/C9H11FO3/c1-13-5-2-7(11)6-8(12)9(10)3-4-9/h2,5-6,11H,3-4H2,1H3. The highest BCUT2D eigenvalue weighted by molar-refractivity contribution is 5.99. The first-order valence-electron chi connectivity index (χ1n) is 3.92. The Labute approximate surface area is 75.5 Å². The molecule has 0 aromatic carbocycles. The van der Waals surface area contributed by atoms with Crippen LogP contribution in [0.3, 0.4) is 0 Å². The van der Waals surface area contributed by atoms with Crippen LogP contribution in [-0.2, 0) is 9.53 Å². The number of halogens is 1. The average Bonchev–Trinajstić information content (AvgIpc) is 2.81. The van der Waals surface area contributed by atoms with Crippen molar-refractivity contribution in [3.05, 3.63) is 24.2 Å². The van der Waals surface area contributed by atoms with Crippen molar-refractivity contribution in [3.63, 3.8) is 0 Å². The van der Waals surface area contributed by atoms with Gasteiger partial charge in [-0.3, -0.25) is 4.79 Å². The minimum absolute atomic E-state index is 0.254. The highest BCUT2D eigenvalue weighted by atomic mass is 19.1. The fraction of sp³-hybridized carbons (Fsp3) is 0.444. The lowest BCUT2D eigenvalue weighted by molar-refractivity contribution is -0.120. The summed E-state index contributed by atoms with van der Waals surface area (Å²) in [5, 5.41) is 9.05. The molecule has 1 aliphatic carbocycles. The van der Waals surface area contributed by atoms with Gasteiger partial charge in [0.05, 0.1) is 13.4 Å². The molecule has 1 N–H and O–H groups in total. The molecule has 1 fully saturated rings. The van der Waals surface area contributed by atoms with Crippen molar-refractivity contribution >= 4 is 5.78 Å². The lowest BCUT2D eigenvalue weighted by atomic mass is 10.2. The predicted octanol–water partition coefficient (Wildman–Crippen LogP) is 1.66. The lowest BCUT2D eigenvalue weighted by Gasteiger charge is -1.97. The third-order valence-corrected chi connectivity index (χ3v) is 1.78. The number of ketones is 1. The first kappa shape index (κ1) is 9.77. The lowest BCUT2D eigenvalue weighted by Crippen LogP contribution is -2.13. The fourth-order valence-electron chi connectivity index (χ4n) is 0.806. The summed E-state index contributed by atoms with van der Waals surface area (Å²) in [5.74, 6) is -0.971. The summed E-state index contributed by atoms with van der Waals surface area (Å²) < 4.78 is 17.5. The van der Waals surface area contributed by atoms with Crippen LogP contribution in [0.15, 0.2) is 24.2 Å². The molecule has 13 heavy (non-hydrogen) atoms. The number of alkyl halides is 1. The zero-order valence-corrected chi connectivity index (χ0v) is 7.29. The smallest absolute Gasteiger partial charge is 0.196 e. The van der Waals surface area contributed by atoms with Crippen molar-refractivity contribution < 1.29 is 19.0 Å². The average molecular weight is 186 g/mol. The third kappa shape index (κ3) is 2.57. The molecule has 0 atom stereocenters. The minimum Gasteiger partial charge on any atom is -0.508 e. The number of rotatable bonds is 4. The number of aliphatic hydroxyl groups excluding tert-OH is 1. The Morgan fingerprint density at radius 2 is 2.23 bits per heavy atom. The van der Waals surface area contributed by atoms with Crippen LogP contribution >= 0.6 is 0 Å². The Balaban J connectivity index is 2.54. The first-order valence-corrected chi connectivity index (χ1v) is 3.92. The van der Waals surface area contributed by atoms with Gasteiger partial charge in [-0.25, -0.2) is 4.39 Å². The largest absolute Gasteiger partial charge is 0.508 e. The maximum atomic E-state index is 13.0. The molecule has 0 aromatic rings. The topological polar surface area (TPSA) is 46.5 Å². The van der Waals surface area contributed by atoms with Crippen LogP contribution in [0.1, 0.15) is 12.8 Å². The van der Waals surface area contributed by atoms with Gasteiger partial charge < -0.3 is 9.84 Å². The van der Waals surface area contributed by atoms with Crippen LogP contribution in [0.25, 0.3) is 0 Å². The highest BCUT2D eigenvalue weighted by Gasteiger charge is 2.49. The van der Waals surface area contributed by atoms with Gasteiger partial charge in [-0.15, -0.1) is 0 Å². The summed E-state index contributed by atoms with van der Waals surface area (Å²) in [6.45, 7) is 0. The van der Waals surface area contributed by atoms with E-state index in [0.29, 0.717) is 0 Å². The molecule has 1 rings (SSSR count). The van der Waals surface area contributed by atoms with Gasteiger partial charge in [0, 0.05) is 12.2 Å². The molecule has 0 radical (unpaired) electrons. The van der Waals surface area contributed by atoms with Crippen LogP contribution in [-0.4, -0.2) is 23.7 Å². The molecule has 0 aromatic heterocycles. The molecule has 0 unspecified atom stereocenters. The van der Waals surface area contributed by atoms with E-state index in [-0.39, 0.29) is 18.6 Å². The van der Waals surface area contributed by atoms with Crippen molar-refractivity contribution in [2.24, 2.45) is 0 Å². The second kappa shape index (κ2) is 3.60. The molecule has 1 aliphatic rings. The van der Waals surface area contributed by atoms with Gasteiger partial charge in [0.2, 0.25) is 0 Å². The zero-order valence-electron chi connectivity index (χ0n) is 7.29. The second-order valence-corrected chi connectivity index (χ2v) is 2.94. The number of methoxy groups -OCH3 is 1. The Morgan fingerprint density at radius 3 is 2.69 bits per heavy atom. The minimum atomic E-state index is -1.71. The summed E-state index contributed by atoms with van der Waals surface area (Å²) >= 11 is 0. The van der Waals surface area contributed by atoms with Gasteiger partial charge in [-0.05, 0) is 12.8 Å². The molecule has 0 heterocycles. The van der Waals surface area contributed by atoms with Gasteiger partial charge in [0.15, 0.2) is 11.5 Å². The van der Waals surface area contributed by atoms with Crippen molar-refractivity contribution in [2.75, 3.05) is 7.11 Å². The van der Waals surface area contributed by atoms with Crippen LogP contribution in [0.2, 0.25) is 0 Å². The zero-order chi connectivity index (χ0) is 9.90. The molecule has 0 bridgehead atoms. The van der Waals surface area contributed by atoms with Crippen LogP contribution in [0, 0.1) is 0 Å². The van der Waals surface area contributed by atoms with Gasteiger partial charge >= 0.3 is 0 Å². The number of allylic oxidation sites excluding steroid dienone is 2. The van der Waals surface area contributed by atoms with Crippen LogP contribution in [0.5, 0.6) is 0 Å².